The van der Waals surface area contributed by atoms with E-state index in [2.05, 4.69) is 9.46 Å². The zero-order valence-electron chi connectivity index (χ0n) is 16.0. The number of benzene rings is 1. The van der Waals surface area contributed by atoms with Crippen molar-refractivity contribution in [2.24, 2.45) is 11.4 Å². The van der Waals surface area contributed by atoms with Gasteiger partial charge in [-0.25, -0.2) is 4.21 Å². The first-order valence-corrected chi connectivity index (χ1v) is 11.6. The van der Waals surface area contributed by atoms with Crippen LogP contribution in [0.1, 0.15) is 48.5 Å². The summed E-state index contributed by atoms with van der Waals surface area (Å²) in [5, 5.41) is 2.74. The van der Waals surface area contributed by atoms with Gasteiger partial charge in [0, 0.05) is 30.3 Å². The number of hydrogen-bond donors (Lipinski definition) is 1. The van der Waals surface area contributed by atoms with Gasteiger partial charge in [0.1, 0.15) is 17.0 Å². The van der Waals surface area contributed by atoms with Gasteiger partial charge in [-0.1, -0.05) is 24.9 Å². The van der Waals surface area contributed by atoms with Gasteiger partial charge in [0.25, 0.3) is 5.56 Å². The highest BCUT2D eigenvalue weighted by molar-refractivity contribution is 7.93. The second kappa shape index (κ2) is 8.53. The van der Waals surface area contributed by atoms with Crippen molar-refractivity contribution in [3.63, 3.8) is 0 Å². The first-order chi connectivity index (χ1) is 13.4. The van der Waals surface area contributed by atoms with Crippen LogP contribution in [0.25, 0.3) is 0 Å². The number of nitrogens with one attached hydrogen (secondary N) is 1. The van der Waals surface area contributed by atoms with Gasteiger partial charge in [-0.15, -0.1) is 0 Å². The first-order valence-electron chi connectivity index (χ1n) is 9.33. The lowest BCUT2D eigenvalue weighted by atomic mass is 10.0. The van der Waals surface area contributed by atoms with E-state index < -0.39 is 21.1 Å². The van der Waals surface area contributed by atoms with Gasteiger partial charge in [0.15, 0.2) is 0 Å². The average molecular weight is 426 g/mol. The molecule has 1 aromatic heterocycles. The highest BCUT2D eigenvalue weighted by Crippen LogP contribution is 2.40. The number of hydrogen-bond acceptors (Lipinski definition) is 5. The maximum Gasteiger partial charge on any atom is 0.277 e. The predicted molar refractivity (Wildman–Crippen MR) is 111 cm³/mol. The van der Waals surface area contributed by atoms with Gasteiger partial charge in [0.05, 0.1) is 21.4 Å². The summed E-state index contributed by atoms with van der Waals surface area (Å²) in [6.45, 7) is 2.42. The number of carbonyl (C=O) groups excluding carboxylic acids is 1. The SMILES string of the molecule is CCCOc1ccc(C(=O)c2c[nH]n(C)c2=O)c(Cl)c1N=S1(=O)CCCCC1. The molecule has 0 spiro atoms. The molecule has 2 heterocycles. The Balaban J connectivity index is 2.12. The van der Waals surface area contributed by atoms with E-state index in [9.17, 15) is 13.8 Å². The van der Waals surface area contributed by atoms with Gasteiger partial charge < -0.3 is 9.84 Å². The van der Waals surface area contributed by atoms with Gasteiger partial charge in [0.2, 0.25) is 5.78 Å². The number of aromatic nitrogens is 2. The number of ether oxygens (including phenoxy) is 1. The summed E-state index contributed by atoms with van der Waals surface area (Å²) in [5.74, 6) is 0.905. The van der Waals surface area contributed by atoms with E-state index >= 15 is 0 Å². The van der Waals surface area contributed by atoms with E-state index in [1.807, 2.05) is 6.92 Å². The van der Waals surface area contributed by atoms with E-state index in [4.69, 9.17) is 16.3 Å². The van der Waals surface area contributed by atoms with Crippen molar-refractivity contribution in [2.75, 3.05) is 18.1 Å². The van der Waals surface area contributed by atoms with Gasteiger partial charge in [-0.2, -0.15) is 4.36 Å². The number of H-pyrrole nitrogens is 1. The highest BCUT2D eigenvalue weighted by Gasteiger charge is 2.24. The molecule has 1 aliphatic rings. The fraction of sp³-hybridized carbons (Fsp3) is 0.474. The normalized spacial score (nSPS) is 16.0. The summed E-state index contributed by atoms with van der Waals surface area (Å²) >= 11 is 6.54. The van der Waals surface area contributed by atoms with Crippen molar-refractivity contribution < 1.29 is 13.7 Å². The monoisotopic (exact) mass is 425 g/mol. The van der Waals surface area contributed by atoms with Crippen LogP contribution in [0.5, 0.6) is 5.75 Å². The van der Waals surface area contributed by atoms with Gasteiger partial charge in [-0.05, 0) is 31.4 Å². The number of carbonyl (C=O) groups is 1. The van der Waals surface area contributed by atoms with Crippen LogP contribution in [0.2, 0.25) is 5.02 Å². The van der Waals surface area contributed by atoms with Crippen molar-refractivity contribution in [1.29, 1.82) is 0 Å². The van der Waals surface area contributed by atoms with Crippen LogP contribution in [0.3, 0.4) is 0 Å². The molecule has 9 heteroatoms. The molecule has 0 aliphatic carbocycles. The van der Waals surface area contributed by atoms with Crippen molar-refractivity contribution >= 4 is 32.8 Å². The molecule has 1 saturated heterocycles. The number of rotatable bonds is 6. The molecule has 0 saturated carbocycles. The number of aryl methyl sites for hydroxylation is 1. The average Bonchev–Trinajstić information content (AvgIpc) is 3.01. The molecular weight excluding hydrogens is 402 g/mol. The van der Waals surface area contributed by atoms with Crippen molar-refractivity contribution in [2.45, 2.75) is 32.6 Å². The predicted octanol–water partition coefficient (Wildman–Crippen LogP) is 3.67. The molecule has 0 radical (unpaired) electrons. The molecule has 1 aromatic carbocycles. The van der Waals surface area contributed by atoms with Crippen molar-refractivity contribution in [3.8, 4) is 5.75 Å². The fourth-order valence-electron chi connectivity index (χ4n) is 3.10. The molecule has 3 rings (SSSR count). The summed E-state index contributed by atoms with van der Waals surface area (Å²) in [7, 11) is -0.923. The Morgan fingerprint density at radius 1 is 1.29 bits per heavy atom. The molecule has 1 N–H and O–H groups in total. The first kappa shape index (κ1) is 20.7. The third-order valence-corrected chi connectivity index (χ3v) is 7.40. The molecule has 0 atom stereocenters. The van der Waals surface area contributed by atoms with Gasteiger partial charge in [-0.3, -0.25) is 14.3 Å². The van der Waals surface area contributed by atoms with E-state index in [1.165, 1.54) is 24.0 Å². The molecule has 0 unspecified atom stereocenters. The van der Waals surface area contributed by atoms with E-state index in [0.29, 0.717) is 23.9 Å². The summed E-state index contributed by atoms with van der Waals surface area (Å²) in [6.07, 6.45) is 4.87. The summed E-state index contributed by atoms with van der Waals surface area (Å²) in [4.78, 5) is 25.0. The van der Waals surface area contributed by atoms with Crippen LogP contribution in [0.15, 0.2) is 27.5 Å². The highest BCUT2D eigenvalue weighted by atomic mass is 35.5. The minimum absolute atomic E-state index is 0.0144. The molecule has 1 aliphatic heterocycles. The van der Waals surface area contributed by atoms with Crippen LogP contribution in [0.4, 0.5) is 5.69 Å². The summed E-state index contributed by atoms with van der Waals surface area (Å²) in [5.41, 5.74) is -0.0801. The van der Waals surface area contributed by atoms with Crippen LogP contribution < -0.4 is 10.3 Å². The van der Waals surface area contributed by atoms with Gasteiger partial charge >= 0.3 is 0 Å². The Kier molecular flexibility index (Phi) is 6.30. The maximum absolute atomic E-state index is 13.1. The lowest BCUT2D eigenvalue weighted by molar-refractivity contribution is 0.103. The molecule has 2 aromatic rings. The number of aromatic amines is 1. The molecule has 0 bridgehead atoms. The van der Waals surface area contributed by atoms with E-state index in [0.717, 1.165) is 25.7 Å². The number of nitrogens with zero attached hydrogens (tertiary/aromatic N) is 2. The zero-order valence-corrected chi connectivity index (χ0v) is 17.6. The third-order valence-electron chi connectivity index (χ3n) is 4.65. The Hall–Kier alpha value is -2.06. The largest absolute Gasteiger partial charge is 0.491 e. The zero-order chi connectivity index (χ0) is 20.3. The minimum atomic E-state index is -2.45. The van der Waals surface area contributed by atoms with E-state index in [-0.39, 0.29) is 21.8 Å². The smallest absolute Gasteiger partial charge is 0.277 e. The van der Waals surface area contributed by atoms with Crippen LogP contribution >= 0.6 is 11.6 Å². The van der Waals surface area contributed by atoms with E-state index in [1.54, 1.807) is 6.07 Å². The Morgan fingerprint density at radius 3 is 2.61 bits per heavy atom. The molecule has 0 amide bonds. The third kappa shape index (κ3) is 4.17. The quantitative estimate of drug-likeness (QED) is 0.714. The molecular formula is C19H24ClN3O4S. The molecule has 1 fully saturated rings. The lowest BCUT2D eigenvalue weighted by Gasteiger charge is -2.17. The molecule has 28 heavy (non-hydrogen) atoms. The summed E-state index contributed by atoms with van der Waals surface area (Å²) in [6, 6.07) is 3.13. The Morgan fingerprint density at radius 2 is 2.00 bits per heavy atom. The van der Waals surface area contributed by atoms with Crippen LogP contribution in [0, 0.1) is 0 Å². The van der Waals surface area contributed by atoms with Crippen LogP contribution in [-0.2, 0) is 16.8 Å². The molecule has 7 nitrogen and oxygen atoms in total. The second-order valence-corrected chi connectivity index (χ2v) is 9.76. The van der Waals surface area contributed by atoms with Crippen LogP contribution in [-0.4, -0.2) is 37.9 Å². The summed E-state index contributed by atoms with van der Waals surface area (Å²) < 4.78 is 24.6. The molecule has 152 valence electrons. The lowest BCUT2D eigenvalue weighted by Crippen LogP contribution is -2.19. The Labute approximate surface area is 169 Å². The standard InChI is InChI=1S/C19H24ClN3O4S/c1-3-9-27-15-8-7-13(18(24)14-12-21-23(2)19(14)25)16(20)17(15)22-28(26)10-5-4-6-11-28/h7-8,12,21H,3-6,9-11H2,1-2H3. The minimum Gasteiger partial charge on any atom is -0.491 e. The second-order valence-electron chi connectivity index (χ2n) is 6.84. The van der Waals surface area contributed by atoms with Crippen molar-refractivity contribution in [3.05, 3.63) is 44.8 Å². The van der Waals surface area contributed by atoms with Crippen molar-refractivity contribution in [1.82, 2.24) is 9.78 Å². The number of halogens is 1. The number of ketones is 1. The maximum atomic E-state index is 13.1. The fourth-order valence-corrected chi connectivity index (χ4v) is 5.64. The topological polar surface area (TPSA) is 93.5 Å². The Bertz CT molecular complexity index is 1050.